The summed E-state index contributed by atoms with van der Waals surface area (Å²) in [4.78, 5) is 20.6. The Morgan fingerprint density at radius 1 is 0.976 bits per heavy atom. The second kappa shape index (κ2) is 12.4. The van der Waals surface area contributed by atoms with E-state index in [0.717, 1.165) is 52.2 Å². The Morgan fingerprint density at radius 2 is 1.76 bits per heavy atom. The third-order valence-electron chi connectivity index (χ3n) is 7.77. The summed E-state index contributed by atoms with van der Waals surface area (Å²) in [6.45, 7) is 6.23. The van der Waals surface area contributed by atoms with E-state index in [9.17, 15) is 13.2 Å². The lowest BCUT2D eigenvalue weighted by Crippen LogP contribution is -2.33. The first-order chi connectivity index (χ1) is 19.7. The number of carbonyl (C=O) groups is 1. The van der Waals surface area contributed by atoms with Gasteiger partial charge in [0.15, 0.2) is 0 Å². The summed E-state index contributed by atoms with van der Waals surface area (Å²) in [5, 5.41) is 0. The molecule has 0 saturated carbocycles. The molecule has 41 heavy (non-hydrogen) atoms. The number of aromatic nitrogens is 1. The smallest absolute Gasteiger partial charge is 0.241 e. The highest BCUT2D eigenvalue weighted by Gasteiger charge is 2.28. The third kappa shape index (κ3) is 6.92. The Bertz CT molecular complexity index is 1640. The Labute approximate surface area is 243 Å². The molecule has 1 aliphatic carbocycles. The third-order valence-corrected chi connectivity index (χ3v) is 9.24. The number of anilines is 1. The number of rotatable bonds is 9. The minimum absolute atomic E-state index is 0.00249. The zero-order valence-corrected chi connectivity index (χ0v) is 24.7. The van der Waals surface area contributed by atoms with Gasteiger partial charge in [-0.05, 0) is 97.7 Å². The van der Waals surface area contributed by atoms with E-state index < -0.39 is 10.0 Å². The molecule has 1 heterocycles. The molecule has 3 aromatic carbocycles. The van der Waals surface area contributed by atoms with Crippen LogP contribution in [0.5, 0.6) is 0 Å². The van der Waals surface area contributed by atoms with E-state index in [-0.39, 0.29) is 22.8 Å². The minimum atomic E-state index is -3.71. The number of sulfonamides is 1. The van der Waals surface area contributed by atoms with Gasteiger partial charge in [0.25, 0.3) is 0 Å². The van der Waals surface area contributed by atoms with Gasteiger partial charge in [-0.15, -0.1) is 0 Å². The van der Waals surface area contributed by atoms with E-state index in [2.05, 4.69) is 16.6 Å². The van der Waals surface area contributed by atoms with E-state index in [1.165, 1.54) is 0 Å². The number of fused-ring (bicyclic) bond motifs is 1. The van der Waals surface area contributed by atoms with Crippen LogP contribution >= 0.6 is 0 Å². The minimum Gasteiger partial charge on any atom is -0.306 e. The first-order valence-corrected chi connectivity index (χ1v) is 15.7. The zero-order chi connectivity index (χ0) is 29.0. The van der Waals surface area contributed by atoms with Crippen molar-refractivity contribution < 1.29 is 13.2 Å². The van der Waals surface area contributed by atoms with Gasteiger partial charge in [0.05, 0.1) is 17.1 Å². The van der Waals surface area contributed by atoms with Gasteiger partial charge < -0.3 is 4.90 Å². The molecule has 1 aromatic heterocycles. The van der Waals surface area contributed by atoms with Crippen LogP contribution in [0.2, 0.25) is 0 Å². The number of amides is 1. The molecule has 1 N–H and O–H groups in total. The summed E-state index contributed by atoms with van der Waals surface area (Å²) in [6.07, 6.45) is 2.80. The van der Waals surface area contributed by atoms with Gasteiger partial charge in [-0.1, -0.05) is 61.5 Å². The predicted octanol–water partition coefficient (Wildman–Crippen LogP) is 6.78. The average molecular weight is 568 g/mol. The van der Waals surface area contributed by atoms with Crippen molar-refractivity contribution >= 4 is 21.6 Å². The molecule has 1 amide bonds. The number of nitrogens with one attached hydrogen (secondary N) is 1. The van der Waals surface area contributed by atoms with Gasteiger partial charge >= 0.3 is 0 Å². The maximum absolute atomic E-state index is 13.9. The molecular weight excluding hydrogens is 530 g/mol. The van der Waals surface area contributed by atoms with Crippen LogP contribution in [-0.4, -0.2) is 19.3 Å². The second-order valence-electron chi connectivity index (χ2n) is 11.0. The Kier molecular flexibility index (Phi) is 8.66. The standard InChI is InChI=1S/C34H37N3O3S/c1-24-10-7-16-31(20-24)41(39,40)36-33-17-9-14-28-18-19-30(22-32(28)33)37(23-29-15-8-11-26(3)35-29)34(38)21-25(2)27-12-5-4-6-13-27/h4-8,10-13,15-16,18-20,22,25,33,36H,9,14,17,21,23H2,1-3H3/t25-,33-/m0/s1. The number of hydrogen-bond donors (Lipinski definition) is 1. The zero-order valence-electron chi connectivity index (χ0n) is 23.9. The molecular formula is C34H37N3O3S. The van der Waals surface area contributed by atoms with Crippen LogP contribution in [0, 0.1) is 13.8 Å². The molecule has 2 atom stereocenters. The molecule has 6 nitrogen and oxygen atoms in total. The number of hydrogen-bond acceptors (Lipinski definition) is 4. The summed E-state index contributed by atoms with van der Waals surface area (Å²) < 4.78 is 29.6. The van der Waals surface area contributed by atoms with Crippen LogP contribution < -0.4 is 9.62 Å². The highest BCUT2D eigenvalue weighted by atomic mass is 32.2. The fraction of sp³-hybridized carbons (Fsp3) is 0.294. The summed E-state index contributed by atoms with van der Waals surface area (Å²) in [5.74, 6) is 0.0421. The van der Waals surface area contributed by atoms with Crippen molar-refractivity contribution in [1.82, 2.24) is 9.71 Å². The van der Waals surface area contributed by atoms with Gasteiger partial charge in [-0.25, -0.2) is 13.1 Å². The topological polar surface area (TPSA) is 79.4 Å². The first kappa shape index (κ1) is 28.7. The second-order valence-corrected chi connectivity index (χ2v) is 12.7. The lowest BCUT2D eigenvalue weighted by molar-refractivity contribution is -0.119. The molecule has 0 radical (unpaired) electrons. The van der Waals surface area contributed by atoms with Crippen LogP contribution in [0.4, 0.5) is 5.69 Å². The Hall–Kier alpha value is -3.81. The Balaban J connectivity index is 1.47. The van der Waals surface area contributed by atoms with E-state index in [1.54, 1.807) is 23.1 Å². The van der Waals surface area contributed by atoms with Gasteiger partial charge in [0.1, 0.15) is 0 Å². The summed E-state index contributed by atoms with van der Waals surface area (Å²) in [6, 6.07) is 28.5. The summed E-state index contributed by atoms with van der Waals surface area (Å²) in [5.41, 5.74) is 6.49. The molecule has 1 aliphatic rings. The molecule has 0 spiro atoms. The SMILES string of the molecule is Cc1cccc(S(=O)(=O)N[C@H]2CCCc3ccc(N(Cc4cccc(C)n4)C(=O)C[C@H](C)c4ccccc4)cc32)c1. The van der Waals surface area contributed by atoms with Crippen molar-refractivity contribution in [2.45, 2.75) is 69.9 Å². The van der Waals surface area contributed by atoms with E-state index >= 15 is 0 Å². The normalized spacial score (nSPS) is 15.6. The number of benzene rings is 3. The fourth-order valence-corrected chi connectivity index (χ4v) is 6.91. The molecule has 0 fully saturated rings. The number of aryl methyl sites for hydroxylation is 3. The lowest BCUT2D eigenvalue weighted by atomic mass is 9.87. The van der Waals surface area contributed by atoms with Crippen LogP contribution in [0.15, 0.2) is 95.9 Å². The highest BCUT2D eigenvalue weighted by molar-refractivity contribution is 7.89. The molecule has 5 rings (SSSR count). The summed E-state index contributed by atoms with van der Waals surface area (Å²) >= 11 is 0. The van der Waals surface area contributed by atoms with Gasteiger partial charge in [0, 0.05) is 23.8 Å². The molecule has 0 unspecified atom stereocenters. The molecule has 0 aliphatic heterocycles. The van der Waals surface area contributed by atoms with E-state index in [4.69, 9.17) is 0 Å². The molecule has 7 heteroatoms. The van der Waals surface area contributed by atoms with E-state index in [1.807, 2.05) is 86.6 Å². The molecule has 212 valence electrons. The Morgan fingerprint density at radius 3 is 2.51 bits per heavy atom. The highest BCUT2D eigenvalue weighted by Crippen LogP contribution is 2.35. The number of pyridine rings is 1. The van der Waals surface area contributed by atoms with Crippen LogP contribution in [-0.2, 0) is 27.8 Å². The molecule has 0 saturated heterocycles. The lowest BCUT2D eigenvalue weighted by Gasteiger charge is -2.30. The number of nitrogens with zero attached hydrogens (tertiary/aromatic N) is 2. The first-order valence-electron chi connectivity index (χ1n) is 14.2. The van der Waals surface area contributed by atoms with Gasteiger partial charge in [-0.2, -0.15) is 0 Å². The predicted molar refractivity (Wildman–Crippen MR) is 163 cm³/mol. The number of carbonyl (C=O) groups excluding carboxylic acids is 1. The van der Waals surface area contributed by atoms with Crippen molar-refractivity contribution in [2.24, 2.45) is 0 Å². The molecule has 4 aromatic rings. The maximum Gasteiger partial charge on any atom is 0.241 e. The monoisotopic (exact) mass is 567 g/mol. The van der Waals surface area contributed by atoms with Crippen molar-refractivity contribution in [1.29, 1.82) is 0 Å². The fourth-order valence-electron chi connectivity index (χ4n) is 5.56. The van der Waals surface area contributed by atoms with Crippen molar-refractivity contribution in [2.75, 3.05) is 4.90 Å². The van der Waals surface area contributed by atoms with Crippen LogP contribution in [0.25, 0.3) is 0 Å². The van der Waals surface area contributed by atoms with Crippen molar-refractivity contribution in [3.63, 3.8) is 0 Å². The van der Waals surface area contributed by atoms with Crippen LogP contribution in [0.3, 0.4) is 0 Å². The molecule has 0 bridgehead atoms. The van der Waals surface area contributed by atoms with Crippen LogP contribution in [0.1, 0.15) is 71.8 Å². The maximum atomic E-state index is 13.9. The van der Waals surface area contributed by atoms with Crippen molar-refractivity contribution in [3.05, 3.63) is 125 Å². The van der Waals surface area contributed by atoms with E-state index in [0.29, 0.717) is 19.4 Å². The van der Waals surface area contributed by atoms with Crippen molar-refractivity contribution in [3.8, 4) is 0 Å². The van der Waals surface area contributed by atoms with Gasteiger partial charge in [-0.3, -0.25) is 9.78 Å². The average Bonchev–Trinajstić information content (AvgIpc) is 2.96. The largest absolute Gasteiger partial charge is 0.306 e. The van der Waals surface area contributed by atoms with Gasteiger partial charge in [0.2, 0.25) is 15.9 Å². The quantitative estimate of drug-likeness (QED) is 0.242. The summed E-state index contributed by atoms with van der Waals surface area (Å²) in [7, 11) is -3.71.